The standard InChI is InChI=1S/C11H20ClN3/c1-4-6-15-10(13-9-14-15)7-11(3,5-2)8-12/h9H,4-8H2,1-3H3. The zero-order chi connectivity index (χ0) is 11.3. The van der Waals surface area contributed by atoms with Gasteiger partial charge in [-0.25, -0.2) is 4.98 Å². The topological polar surface area (TPSA) is 30.7 Å². The summed E-state index contributed by atoms with van der Waals surface area (Å²) in [6.45, 7) is 7.46. The Kier molecular flexibility index (Phi) is 4.58. The van der Waals surface area contributed by atoms with E-state index in [-0.39, 0.29) is 5.41 Å². The van der Waals surface area contributed by atoms with Crippen LogP contribution in [0.3, 0.4) is 0 Å². The molecule has 0 amide bonds. The van der Waals surface area contributed by atoms with Crippen LogP contribution in [0.15, 0.2) is 6.33 Å². The number of rotatable bonds is 6. The highest BCUT2D eigenvalue weighted by Crippen LogP contribution is 2.27. The second-order valence-electron chi connectivity index (χ2n) is 4.37. The van der Waals surface area contributed by atoms with Gasteiger partial charge in [0.2, 0.25) is 0 Å². The third-order valence-electron chi connectivity index (χ3n) is 2.89. The molecule has 4 heteroatoms. The Bertz CT molecular complexity index is 292. The van der Waals surface area contributed by atoms with Gasteiger partial charge in [-0.1, -0.05) is 20.8 Å². The maximum Gasteiger partial charge on any atom is 0.138 e. The molecule has 1 aromatic heterocycles. The number of alkyl halides is 1. The number of hydrogen-bond acceptors (Lipinski definition) is 2. The normalized spacial score (nSPS) is 15.2. The maximum absolute atomic E-state index is 6.00. The molecule has 0 bridgehead atoms. The summed E-state index contributed by atoms with van der Waals surface area (Å²) in [6.07, 6.45) is 4.69. The molecule has 1 heterocycles. The van der Waals surface area contributed by atoms with Crippen LogP contribution in [0.5, 0.6) is 0 Å². The lowest BCUT2D eigenvalue weighted by molar-refractivity contribution is 0.338. The smallest absolute Gasteiger partial charge is 0.138 e. The summed E-state index contributed by atoms with van der Waals surface area (Å²) in [5.74, 6) is 1.73. The molecule has 0 saturated heterocycles. The second-order valence-corrected chi connectivity index (χ2v) is 4.64. The molecule has 86 valence electrons. The fourth-order valence-corrected chi connectivity index (χ4v) is 1.76. The van der Waals surface area contributed by atoms with Gasteiger partial charge in [-0.2, -0.15) is 5.10 Å². The van der Waals surface area contributed by atoms with Crippen molar-refractivity contribution in [1.82, 2.24) is 14.8 Å². The van der Waals surface area contributed by atoms with Gasteiger partial charge in [-0.3, -0.25) is 4.68 Å². The number of aryl methyl sites for hydroxylation is 1. The molecular weight excluding hydrogens is 210 g/mol. The average Bonchev–Trinajstić information content (AvgIpc) is 2.66. The van der Waals surface area contributed by atoms with Gasteiger partial charge in [0.1, 0.15) is 12.2 Å². The van der Waals surface area contributed by atoms with Gasteiger partial charge < -0.3 is 0 Å². The minimum absolute atomic E-state index is 0.139. The van der Waals surface area contributed by atoms with E-state index in [0.29, 0.717) is 5.88 Å². The van der Waals surface area contributed by atoms with Crippen molar-refractivity contribution in [3.8, 4) is 0 Å². The summed E-state index contributed by atoms with van der Waals surface area (Å²) >= 11 is 6.00. The van der Waals surface area contributed by atoms with E-state index < -0.39 is 0 Å². The van der Waals surface area contributed by atoms with E-state index in [0.717, 1.165) is 31.6 Å². The van der Waals surface area contributed by atoms with Gasteiger partial charge in [-0.05, 0) is 18.3 Å². The Morgan fingerprint density at radius 1 is 1.47 bits per heavy atom. The molecule has 0 aliphatic heterocycles. The van der Waals surface area contributed by atoms with Crippen molar-refractivity contribution in [1.29, 1.82) is 0 Å². The van der Waals surface area contributed by atoms with Crippen molar-refractivity contribution in [3.63, 3.8) is 0 Å². The monoisotopic (exact) mass is 229 g/mol. The van der Waals surface area contributed by atoms with E-state index in [1.807, 2.05) is 4.68 Å². The zero-order valence-corrected chi connectivity index (χ0v) is 10.6. The van der Waals surface area contributed by atoms with E-state index in [2.05, 4.69) is 30.9 Å². The summed E-state index contributed by atoms with van der Waals surface area (Å²) in [5.41, 5.74) is 0.139. The molecule has 0 aliphatic rings. The fourth-order valence-electron chi connectivity index (χ4n) is 1.47. The lowest BCUT2D eigenvalue weighted by Gasteiger charge is -2.24. The molecule has 0 aromatic carbocycles. The fraction of sp³-hybridized carbons (Fsp3) is 0.818. The predicted molar refractivity (Wildman–Crippen MR) is 63.1 cm³/mol. The molecule has 15 heavy (non-hydrogen) atoms. The highest BCUT2D eigenvalue weighted by Gasteiger charge is 2.23. The molecule has 1 atom stereocenters. The lowest BCUT2D eigenvalue weighted by Crippen LogP contribution is -2.23. The summed E-state index contributed by atoms with van der Waals surface area (Å²) in [5, 5.41) is 4.22. The van der Waals surface area contributed by atoms with E-state index in [9.17, 15) is 0 Å². The lowest BCUT2D eigenvalue weighted by atomic mass is 9.86. The maximum atomic E-state index is 6.00. The molecule has 0 spiro atoms. The summed E-state index contributed by atoms with van der Waals surface area (Å²) in [7, 11) is 0. The van der Waals surface area contributed by atoms with Gasteiger partial charge in [0.15, 0.2) is 0 Å². The number of aromatic nitrogens is 3. The molecule has 1 rings (SSSR count). The second kappa shape index (κ2) is 5.50. The van der Waals surface area contributed by atoms with Crippen molar-refractivity contribution in [2.45, 2.75) is 46.6 Å². The van der Waals surface area contributed by atoms with E-state index in [1.165, 1.54) is 0 Å². The minimum Gasteiger partial charge on any atom is -0.250 e. The molecular formula is C11H20ClN3. The Hall–Kier alpha value is -0.570. The van der Waals surface area contributed by atoms with Gasteiger partial charge >= 0.3 is 0 Å². The Morgan fingerprint density at radius 2 is 2.20 bits per heavy atom. The summed E-state index contributed by atoms with van der Waals surface area (Å²) < 4.78 is 1.99. The first kappa shape index (κ1) is 12.5. The van der Waals surface area contributed by atoms with Crippen molar-refractivity contribution in [2.75, 3.05) is 5.88 Å². The van der Waals surface area contributed by atoms with Crippen LogP contribution in [0.25, 0.3) is 0 Å². The largest absolute Gasteiger partial charge is 0.250 e. The quantitative estimate of drug-likeness (QED) is 0.703. The predicted octanol–water partition coefficient (Wildman–Crippen LogP) is 2.89. The molecule has 1 aromatic rings. The van der Waals surface area contributed by atoms with Crippen molar-refractivity contribution in [3.05, 3.63) is 12.2 Å². The molecule has 0 aliphatic carbocycles. The van der Waals surface area contributed by atoms with Gasteiger partial charge in [-0.15, -0.1) is 11.6 Å². The molecule has 0 radical (unpaired) electrons. The van der Waals surface area contributed by atoms with Crippen LogP contribution in [-0.4, -0.2) is 20.6 Å². The van der Waals surface area contributed by atoms with E-state index >= 15 is 0 Å². The Morgan fingerprint density at radius 3 is 2.73 bits per heavy atom. The SMILES string of the molecule is CCCn1ncnc1CC(C)(CC)CCl. The van der Waals surface area contributed by atoms with Crippen LogP contribution >= 0.6 is 11.6 Å². The van der Waals surface area contributed by atoms with Crippen molar-refractivity contribution >= 4 is 11.6 Å². The molecule has 0 fully saturated rings. The molecule has 0 N–H and O–H groups in total. The summed E-state index contributed by atoms with van der Waals surface area (Å²) in [6, 6.07) is 0. The van der Waals surface area contributed by atoms with Gasteiger partial charge in [0.05, 0.1) is 0 Å². The number of halogens is 1. The van der Waals surface area contributed by atoms with E-state index in [4.69, 9.17) is 11.6 Å². The number of nitrogens with zero attached hydrogens (tertiary/aromatic N) is 3. The van der Waals surface area contributed by atoms with Crippen molar-refractivity contribution < 1.29 is 0 Å². The van der Waals surface area contributed by atoms with Crippen LogP contribution in [0.2, 0.25) is 0 Å². The Labute approximate surface area is 96.8 Å². The third kappa shape index (κ3) is 3.20. The zero-order valence-electron chi connectivity index (χ0n) is 9.83. The minimum atomic E-state index is 0.139. The first-order valence-corrected chi connectivity index (χ1v) is 6.11. The van der Waals surface area contributed by atoms with Gasteiger partial charge in [0, 0.05) is 18.8 Å². The van der Waals surface area contributed by atoms with Crippen LogP contribution in [0.4, 0.5) is 0 Å². The summed E-state index contributed by atoms with van der Waals surface area (Å²) in [4.78, 5) is 4.31. The molecule has 3 nitrogen and oxygen atoms in total. The van der Waals surface area contributed by atoms with Crippen LogP contribution in [-0.2, 0) is 13.0 Å². The highest BCUT2D eigenvalue weighted by atomic mass is 35.5. The van der Waals surface area contributed by atoms with Crippen LogP contribution in [0, 0.1) is 5.41 Å². The highest BCUT2D eigenvalue weighted by molar-refractivity contribution is 6.18. The van der Waals surface area contributed by atoms with Crippen LogP contribution < -0.4 is 0 Å². The van der Waals surface area contributed by atoms with Crippen LogP contribution in [0.1, 0.15) is 39.4 Å². The molecule has 0 saturated carbocycles. The molecule has 1 unspecified atom stereocenters. The third-order valence-corrected chi connectivity index (χ3v) is 3.54. The van der Waals surface area contributed by atoms with Crippen molar-refractivity contribution in [2.24, 2.45) is 5.41 Å². The van der Waals surface area contributed by atoms with E-state index in [1.54, 1.807) is 6.33 Å². The first-order valence-electron chi connectivity index (χ1n) is 5.58. The first-order chi connectivity index (χ1) is 7.15. The number of hydrogen-bond donors (Lipinski definition) is 0. The van der Waals surface area contributed by atoms with Gasteiger partial charge in [0.25, 0.3) is 0 Å². The Balaban J connectivity index is 2.74. The average molecular weight is 230 g/mol.